The Morgan fingerprint density at radius 2 is 2.00 bits per heavy atom. The van der Waals surface area contributed by atoms with E-state index in [2.05, 4.69) is 10.3 Å². The van der Waals surface area contributed by atoms with Crippen molar-refractivity contribution in [2.45, 2.75) is 39.1 Å². The molecule has 1 aromatic rings. The van der Waals surface area contributed by atoms with E-state index >= 15 is 0 Å². The number of hydrogen-bond acceptors (Lipinski definition) is 4. The van der Waals surface area contributed by atoms with E-state index < -0.39 is 10.0 Å². The molecular weight excluding hydrogens is 274 g/mol. The molecule has 1 rings (SSSR count). The van der Waals surface area contributed by atoms with Crippen molar-refractivity contribution in [1.29, 1.82) is 0 Å². The Morgan fingerprint density at radius 3 is 2.55 bits per heavy atom. The van der Waals surface area contributed by atoms with Crippen molar-refractivity contribution in [3.8, 4) is 0 Å². The van der Waals surface area contributed by atoms with E-state index in [1.165, 1.54) is 10.5 Å². The summed E-state index contributed by atoms with van der Waals surface area (Å²) in [6, 6.07) is 3.49. The Bertz CT molecular complexity index is 536. The maximum atomic E-state index is 12.6. The van der Waals surface area contributed by atoms with E-state index in [9.17, 15) is 8.42 Å². The van der Waals surface area contributed by atoms with Gasteiger partial charge in [-0.25, -0.2) is 13.4 Å². The molecular formula is C14H25N3O2S. The molecule has 0 aliphatic carbocycles. The molecule has 0 amide bonds. The molecule has 114 valence electrons. The van der Waals surface area contributed by atoms with Crippen molar-refractivity contribution in [3.63, 3.8) is 0 Å². The van der Waals surface area contributed by atoms with Crippen LogP contribution in [0.25, 0.3) is 0 Å². The van der Waals surface area contributed by atoms with Gasteiger partial charge in [0.1, 0.15) is 0 Å². The highest BCUT2D eigenvalue weighted by atomic mass is 32.2. The van der Waals surface area contributed by atoms with Crippen LogP contribution in [0.5, 0.6) is 0 Å². The van der Waals surface area contributed by atoms with Gasteiger partial charge in [-0.2, -0.15) is 4.31 Å². The van der Waals surface area contributed by atoms with Crippen LogP contribution in [-0.2, 0) is 10.0 Å². The Balaban J connectivity index is 3.09. The van der Waals surface area contributed by atoms with Crippen molar-refractivity contribution in [2.75, 3.05) is 25.5 Å². The van der Waals surface area contributed by atoms with E-state index in [0.29, 0.717) is 12.2 Å². The van der Waals surface area contributed by atoms with Crippen molar-refractivity contribution in [3.05, 3.63) is 18.3 Å². The van der Waals surface area contributed by atoms with Crippen LogP contribution in [0.2, 0.25) is 0 Å². The average molecular weight is 299 g/mol. The first-order chi connectivity index (χ1) is 9.18. The Labute approximate surface area is 122 Å². The zero-order valence-electron chi connectivity index (χ0n) is 13.0. The van der Waals surface area contributed by atoms with Gasteiger partial charge < -0.3 is 5.32 Å². The summed E-state index contributed by atoms with van der Waals surface area (Å²) in [5.41, 5.74) is 0.461. The molecule has 0 fully saturated rings. The normalized spacial score (nSPS) is 12.7. The minimum Gasteiger partial charge on any atom is -0.383 e. The largest absolute Gasteiger partial charge is 0.383 e. The van der Waals surface area contributed by atoms with Gasteiger partial charge in [0.15, 0.2) is 5.03 Å². The van der Waals surface area contributed by atoms with Crippen LogP contribution in [-0.4, -0.2) is 37.8 Å². The van der Waals surface area contributed by atoms with Gasteiger partial charge in [-0.3, -0.25) is 0 Å². The lowest BCUT2D eigenvalue weighted by molar-refractivity contribution is 0.310. The standard InChI is InChI=1S/C14H25N3O2S/c1-6-9-15-12-8-7-10-16-13(12)20(18,19)17(5)11-14(2,3)4/h7-8,10,15H,6,9,11H2,1-5H3. The van der Waals surface area contributed by atoms with Crippen LogP contribution in [0.15, 0.2) is 23.4 Å². The number of anilines is 1. The second-order valence-corrected chi connectivity index (χ2v) is 8.06. The predicted octanol–water partition coefficient (Wildman–Crippen LogP) is 2.57. The lowest BCUT2D eigenvalue weighted by Gasteiger charge is -2.26. The van der Waals surface area contributed by atoms with E-state index in [-0.39, 0.29) is 10.4 Å². The van der Waals surface area contributed by atoms with Gasteiger partial charge in [0.25, 0.3) is 10.0 Å². The number of pyridine rings is 1. The molecule has 0 radical (unpaired) electrons. The van der Waals surface area contributed by atoms with E-state index in [1.807, 2.05) is 27.7 Å². The lowest BCUT2D eigenvalue weighted by Crippen LogP contribution is -2.35. The van der Waals surface area contributed by atoms with E-state index in [1.54, 1.807) is 19.2 Å². The molecule has 6 heteroatoms. The third kappa shape index (κ3) is 4.45. The second-order valence-electron chi connectivity index (χ2n) is 6.10. The third-order valence-corrected chi connectivity index (χ3v) is 4.45. The van der Waals surface area contributed by atoms with E-state index in [4.69, 9.17) is 0 Å². The molecule has 20 heavy (non-hydrogen) atoms. The van der Waals surface area contributed by atoms with Crippen LogP contribution < -0.4 is 5.32 Å². The fraction of sp³-hybridized carbons (Fsp3) is 0.643. The number of nitrogens with one attached hydrogen (secondary N) is 1. The molecule has 0 saturated carbocycles. The van der Waals surface area contributed by atoms with Gasteiger partial charge in [-0.15, -0.1) is 0 Å². The topological polar surface area (TPSA) is 62.3 Å². The molecule has 0 aliphatic rings. The Hall–Kier alpha value is -1.14. The van der Waals surface area contributed by atoms with Gasteiger partial charge in [0.05, 0.1) is 5.69 Å². The van der Waals surface area contributed by atoms with Crippen LogP contribution in [0.1, 0.15) is 34.1 Å². The number of hydrogen-bond donors (Lipinski definition) is 1. The molecule has 0 aromatic carbocycles. The number of rotatable bonds is 6. The molecule has 0 unspecified atom stereocenters. The molecule has 0 atom stereocenters. The average Bonchev–Trinajstić information content (AvgIpc) is 2.34. The van der Waals surface area contributed by atoms with Gasteiger partial charge in [-0.05, 0) is 24.0 Å². The predicted molar refractivity (Wildman–Crippen MR) is 82.3 cm³/mol. The fourth-order valence-corrected chi connectivity index (χ4v) is 3.36. The highest BCUT2D eigenvalue weighted by molar-refractivity contribution is 7.89. The van der Waals surface area contributed by atoms with E-state index in [0.717, 1.165) is 13.0 Å². The molecule has 1 N–H and O–H groups in total. The third-order valence-electron chi connectivity index (χ3n) is 2.69. The molecule has 1 aromatic heterocycles. The maximum Gasteiger partial charge on any atom is 0.262 e. The summed E-state index contributed by atoms with van der Waals surface area (Å²) in [4.78, 5) is 4.06. The number of sulfonamides is 1. The molecule has 0 aliphatic heterocycles. The monoisotopic (exact) mass is 299 g/mol. The minimum absolute atomic E-state index is 0.0974. The summed E-state index contributed by atoms with van der Waals surface area (Å²) >= 11 is 0. The van der Waals surface area contributed by atoms with Crippen molar-refractivity contribution in [2.24, 2.45) is 5.41 Å². The fourth-order valence-electron chi connectivity index (χ4n) is 1.89. The summed E-state index contributed by atoms with van der Waals surface area (Å²) in [6.07, 6.45) is 2.43. The van der Waals surface area contributed by atoms with Crippen LogP contribution in [0, 0.1) is 5.41 Å². The van der Waals surface area contributed by atoms with Crippen LogP contribution >= 0.6 is 0 Å². The summed E-state index contributed by atoms with van der Waals surface area (Å²) in [5, 5.41) is 3.22. The van der Waals surface area contributed by atoms with Crippen molar-refractivity contribution >= 4 is 15.7 Å². The van der Waals surface area contributed by atoms with Gasteiger partial charge in [-0.1, -0.05) is 27.7 Å². The molecule has 5 nitrogen and oxygen atoms in total. The van der Waals surface area contributed by atoms with Crippen LogP contribution in [0.4, 0.5) is 5.69 Å². The highest BCUT2D eigenvalue weighted by Crippen LogP contribution is 2.24. The summed E-state index contributed by atoms with van der Waals surface area (Å²) in [6.45, 7) is 9.22. The first kappa shape index (κ1) is 16.9. The van der Waals surface area contributed by atoms with Gasteiger partial charge in [0, 0.05) is 26.3 Å². The summed E-state index contributed by atoms with van der Waals surface area (Å²) < 4.78 is 26.6. The summed E-state index contributed by atoms with van der Waals surface area (Å²) in [5.74, 6) is 0. The molecule has 1 heterocycles. The quantitative estimate of drug-likeness (QED) is 0.877. The minimum atomic E-state index is -3.57. The maximum absolute atomic E-state index is 12.6. The van der Waals surface area contributed by atoms with Crippen molar-refractivity contribution in [1.82, 2.24) is 9.29 Å². The second kappa shape index (κ2) is 6.54. The molecule has 0 spiro atoms. The first-order valence-electron chi connectivity index (χ1n) is 6.83. The Kier molecular flexibility index (Phi) is 5.53. The lowest BCUT2D eigenvalue weighted by atomic mass is 9.97. The highest BCUT2D eigenvalue weighted by Gasteiger charge is 2.28. The zero-order valence-corrected chi connectivity index (χ0v) is 13.8. The zero-order chi connectivity index (χ0) is 15.4. The first-order valence-corrected chi connectivity index (χ1v) is 8.27. The summed E-state index contributed by atoms with van der Waals surface area (Å²) in [7, 11) is -1.98. The van der Waals surface area contributed by atoms with Gasteiger partial charge >= 0.3 is 0 Å². The molecule has 0 bridgehead atoms. The van der Waals surface area contributed by atoms with Crippen molar-refractivity contribution < 1.29 is 8.42 Å². The molecule has 0 saturated heterocycles. The Morgan fingerprint density at radius 1 is 1.35 bits per heavy atom. The number of aromatic nitrogens is 1. The van der Waals surface area contributed by atoms with Gasteiger partial charge in [0.2, 0.25) is 0 Å². The van der Waals surface area contributed by atoms with Crippen LogP contribution in [0.3, 0.4) is 0 Å². The SMILES string of the molecule is CCCNc1cccnc1S(=O)(=O)N(C)CC(C)(C)C. The smallest absolute Gasteiger partial charge is 0.262 e. The number of nitrogens with zero attached hydrogens (tertiary/aromatic N) is 2.